The van der Waals surface area contributed by atoms with Gasteiger partial charge in [-0.25, -0.2) is 0 Å². The van der Waals surface area contributed by atoms with Gasteiger partial charge in [0.1, 0.15) is 5.69 Å². The lowest BCUT2D eigenvalue weighted by Crippen LogP contribution is -2.22. The molecule has 0 saturated heterocycles. The Kier molecular flexibility index (Phi) is 4.62. The third-order valence-corrected chi connectivity index (χ3v) is 2.09. The van der Waals surface area contributed by atoms with Gasteiger partial charge in [-0.05, 0) is 19.1 Å². The highest BCUT2D eigenvalue weighted by molar-refractivity contribution is 5.92. The summed E-state index contributed by atoms with van der Waals surface area (Å²) in [5.41, 5.74) is 1.60. The van der Waals surface area contributed by atoms with Gasteiger partial charge in [-0.2, -0.15) is 0 Å². The fourth-order valence-corrected chi connectivity index (χ4v) is 1.26. The lowest BCUT2D eigenvalue weighted by Gasteiger charge is -2.07. The zero-order valence-electron chi connectivity index (χ0n) is 9.92. The van der Waals surface area contributed by atoms with Gasteiger partial charge < -0.3 is 15.2 Å². The van der Waals surface area contributed by atoms with E-state index in [0.29, 0.717) is 18.8 Å². The van der Waals surface area contributed by atoms with Crippen molar-refractivity contribution in [3.05, 3.63) is 23.5 Å². The van der Waals surface area contributed by atoms with Crippen LogP contribution in [0.15, 0.2) is 12.1 Å². The summed E-state index contributed by atoms with van der Waals surface area (Å²) in [6, 6.07) is 3.70. The van der Waals surface area contributed by atoms with Crippen LogP contribution in [0.3, 0.4) is 0 Å². The van der Waals surface area contributed by atoms with E-state index in [0.717, 1.165) is 5.69 Å². The number of aromatic nitrogens is 1. The summed E-state index contributed by atoms with van der Waals surface area (Å²) in [7, 11) is 3.47. The minimum atomic E-state index is -0.0143. The number of nitrogens with one attached hydrogen (secondary N) is 2. The fourth-order valence-electron chi connectivity index (χ4n) is 1.26. The Morgan fingerprint density at radius 2 is 2.25 bits per heavy atom. The molecule has 86 valence electrons. The molecule has 1 amide bonds. The molecule has 4 heteroatoms. The molecule has 0 bridgehead atoms. The quantitative estimate of drug-likeness (QED) is 0.582. The summed E-state index contributed by atoms with van der Waals surface area (Å²) in [6.45, 7) is 3.16. The average Bonchev–Trinajstić information content (AvgIpc) is 2.72. The summed E-state index contributed by atoms with van der Waals surface area (Å²) in [4.78, 5) is 16.2. The van der Waals surface area contributed by atoms with Crippen molar-refractivity contribution in [3.8, 4) is 11.8 Å². The first-order valence-corrected chi connectivity index (χ1v) is 5.15. The molecule has 0 aliphatic rings. The molecule has 0 atom stereocenters. The van der Waals surface area contributed by atoms with Crippen molar-refractivity contribution >= 4 is 5.91 Å². The second-order valence-corrected chi connectivity index (χ2v) is 3.63. The van der Waals surface area contributed by atoms with Crippen LogP contribution < -0.4 is 5.32 Å². The molecule has 0 radical (unpaired) electrons. The number of H-pyrrole nitrogens is 1. The van der Waals surface area contributed by atoms with Crippen LogP contribution in [0.4, 0.5) is 0 Å². The Morgan fingerprint density at radius 1 is 1.50 bits per heavy atom. The number of hydrogen-bond donors (Lipinski definition) is 2. The summed E-state index contributed by atoms with van der Waals surface area (Å²) < 4.78 is 0. The summed E-state index contributed by atoms with van der Waals surface area (Å²) in [6.07, 6.45) is 0. The Balaban J connectivity index is 2.50. The Morgan fingerprint density at radius 3 is 2.88 bits per heavy atom. The van der Waals surface area contributed by atoms with Gasteiger partial charge in [-0.1, -0.05) is 5.92 Å². The van der Waals surface area contributed by atoms with Gasteiger partial charge in [0.15, 0.2) is 0 Å². The highest BCUT2D eigenvalue weighted by Crippen LogP contribution is 2.03. The van der Waals surface area contributed by atoms with Crippen molar-refractivity contribution in [1.82, 2.24) is 15.2 Å². The first-order chi connectivity index (χ1) is 7.65. The first kappa shape index (κ1) is 12.3. The molecule has 0 aromatic carbocycles. The van der Waals surface area contributed by atoms with Crippen molar-refractivity contribution in [2.24, 2.45) is 0 Å². The Bertz CT molecular complexity index is 409. The second-order valence-electron chi connectivity index (χ2n) is 3.63. The predicted molar refractivity (Wildman–Crippen MR) is 64.0 cm³/mol. The molecule has 16 heavy (non-hydrogen) atoms. The van der Waals surface area contributed by atoms with Crippen LogP contribution in [0, 0.1) is 11.8 Å². The second kappa shape index (κ2) is 5.99. The number of hydrogen-bond acceptors (Lipinski definition) is 2. The van der Waals surface area contributed by atoms with Crippen molar-refractivity contribution in [3.63, 3.8) is 0 Å². The molecule has 0 aliphatic heterocycles. The van der Waals surface area contributed by atoms with Gasteiger partial charge in [0.25, 0.3) is 5.91 Å². The molecular weight excluding hydrogens is 202 g/mol. The number of amides is 1. The largest absolute Gasteiger partial charge is 0.353 e. The van der Waals surface area contributed by atoms with Gasteiger partial charge >= 0.3 is 0 Å². The monoisotopic (exact) mass is 219 g/mol. The number of nitrogens with zero attached hydrogens (tertiary/aromatic N) is 1. The molecule has 1 rings (SSSR count). The van der Waals surface area contributed by atoms with Crippen molar-refractivity contribution in [2.45, 2.75) is 13.5 Å². The predicted octanol–water partition coefficient (Wildman–Crippen LogP) is 0.829. The van der Waals surface area contributed by atoms with Crippen molar-refractivity contribution in [1.29, 1.82) is 0 Å². The lowest BCUT2D eigenvalue weighted by atomic mass is 10.4. The van der Waals surface area contributed by atoms with E-state index in [2.05, 4.69) is 22.1 Å². The third-order valence-electron chi connectivity index (χ3n) is 2.09. The third kappa shape index (κ3) is 3.44. The highest BCUT2D eigenvalue weighted by atomic mass is 16.2. The first-order valence-electron chi connectivity index (χ1n) is 5.15. The van der Waals surface area contributed by atoms with Crippen LogP contribution in [0.2, 0.25) is 0 Å². The van der Waals surface area contributed by atoms with Crippen LogP contribution in [-0.2, 0) is 6.54 Å². The zero-order chi connectivity index (χ0) is 12.0. The van der Waals surface area contributed by atoms with E-state index in [1.54, 1.807) is 25.1 Å². The maximum Gasteiger partial charge on any atom is 0.269 e. The molecule has 0 spiro atoms. The zero-order valence-corrected chi connectivity index (χ0v) is 9.92. The molecule has 0 saturated carbocycles. The van der Waals surface area contributed by atoms with E-state index < -0.39 is 0 Å². The van der Waals surface area contributed by atoms with E-state index in [1.807, 2.05) is 13.0 Å². The number of carbonyl (C=O) groups excluding carboxylic acids is 1. The van der Waals surface area contributed by atoms with E-state index in [4.69, 9.17) is 0 Å². The van der Waals surface area contributed by atoms with Gasteiger partial charge in [0, 0.05) is 26.3 Å². The van der Waals surface area contributed by atoms with Crippen LogP contribution in [-0.4, -0.2) is 36.4 Å². The molecule has 0 aliphatic carbocycles. The maximum absolute atomic E-state index is 11.6. The van der Waals surface area contributed by atoms with Crippen LogP contribution in [0.1, 0.15) is 23.1 Å². The lowest BCUT2D eigenvalue weighted by molar-refractivity contribution is 0.0822. The topological polar surface area (TPSA) is 48.1 Å². The molecular formula is C12H17N3O. The Labute approximate surface area is 96.0 Å². The molecule has 1 aromatic heterocycles. The van der Waals surface area contributed by atoms with Gasteiger partial charge in [0.05, 0.1) is 6.54 Å². The fraction of sp³-hybridized carbons (Fsp3) is 0.417. The van der Waals surface area contributed by atoms with Gasteiger partial charge in [-0.3, -0.25) is 4.79 Å². The number of carbonyl (C=O) groups is 1. The summed E-state index contributed by atoms with van der Waals surface area (Å²) in [5.74, 6) is 5.71. The molecule has 1 aromatic rings. The van der Waals surface area contributed by atoms with E-state index in [-0.39, 0.29) is 5.91 Å². The number of rotatable bonds is 4. The van der Waals surface area contributed by atoms with Crippen molar-refractivity contribution < 1.29 is 4.79 Å². The molecule has 0 fully saturated rings. The van der Waals surface area contributed by atoms with Crippen LogP contribution >= 0.6 is 0 Å². The van der Waals surface area contributed by atoms with Gasteiger partial charge in [-0.15, -0.1) is 5.92 Å². The molecule has 0 unspecified atom stereocenters. The van der Waals surface area contributed by atoms with Gasteiger partial charge in [0.2, 0.25) is 0 Å². The van der Waals surface area contributed by atoms with E-state index in [9.17, 15) is 4.79 Å². The summed E-state index contributed by atoms with van der Waals surface area (Å²) >= 11 is 0. The van der Waals surface area contributed by atoms with Crippen LogP contribution in [0.25, 0.3) is 0 Å². The highest BCUT2D eigenvalue weighted by Gasteiger charge is 2.09. The smallest absolute Gasteiger partial charge is 0.269 e. The van der Waals surface area contributed by atoms with Crippen LogP contribution in [0.5, 0.6) is 0 Å². The Hall–Kier alpha value is -1.73. The standard InChI is InChI=1S/C12H17N3O/c1-4-5-8-13-9-10-6-7-11(14-10)12(16)15(2)3/h6-7,13-14H,8-9H2,1-3H3. The maximum atomic E-state index is 11.6. The number of aromatic amines is 1. The molecule has 1 heterocycles. The van der Waals surface area contributed by atoms with E-state index in [1.165, 1.54) is 0 Å². The normalized spacial score (nSPS) is 9.44. The minimum absolute atomic E-state index is 0.0143. The molecule has 2 N–H and O–H groups in total. The average molecular weight is 219 g/mol. The van der Waals surface area contributed by atoms with E-state index >= 15 is 0 Å². The minimum Gasteiger partial charge on any atom is -0.353 e. The van der Waals surface area contributed by atoms with Crippen molar-refractivity contribution in [2.75, 3.05) is 20.6 Å². The summed E-state index contributed by atoms with van der Waals surface area (Å²) in [5, 5.41) is 3.15. The SMILES string of the molecule is CC#CCNCc1ccc(C(=O)N(C)C)[nH]1. The molecule has 4 nitrogen and oxygen atoms in total.